The number of ether oxygens (including phenoxy) is 4. The minimum Gasteiger partial charge on any atom is -0.473 e. The minimum atomic E-state index is -0.501. The smallest absolute Gasteiger partial charge is 0.410 e. The second-order valence-electron chi connectivity index (χ2n) is 10.1. The summed E-state index contributed by atoms with van der Waals surface area (Å²) in [6, 6.07) is 4.91. The van der Waals surface area contributed by atoms with Crippen LogP contribution in [0.25, 0.3) is 0 Å². The maximum atomic E-state index is 15.0. The van der Waals surface area contributed by atoms with Gasteiger partial charge >= 0.3 is 6.09 Å². The molecule has 1 aromatic heterocycles. The molecule has 1 aromatic carbocycles. The molecule has 2 fully saturated rings. The second-order valence-corrected chi connectivity index (χ2v) is 10.1. The molecule has 4 rings (SSSR count). The van der Waals surface area contributed by atoms with E-state index in [2.05, 4.69) is 20.8 Å². The van der Waals surface area contributed by atoms with Crippen LogP contribution in [0.15, 0.2) is 24.5 Å². The Morgan fingerprint density at radius 2 is 1.92 bits per heavy atom. The van der Waals surface area contributed by atoms with E-state index in [9.17, 15) is 4.79 Å². The Morgan fingerprint density at radius 1 is 1.15 bits per heavy atom. The molecular weight excluding hydrogens is 503 g/mol. The fourth-order valence-corrected chi connectivity index (χ4v) is 4.88. The number of benzene rings is 1. The monoisotopic (exact) mass is 540 g/mol. The maximum absolute atomic E-state index is 15.0. The number of halogens is 1. The number of amides is 1. The highest BCUT2D eigenvalue weighted by Gasteiger charge is 2.27. The molecule has 2 aromatic rings. The zero-order valence-corrected chi connectivity index (χ0v) is 22.9. The Labute approximate surface area is 229 Å². The molecule has 0 saturated carbocycles. The van der Waals surface area contributed by atoms with E-state index in [0.29, 0.717) is 32.4 Å². The first-order valence-electron chi connectivity index (χ1n) is 13.5. The summed E-state index contributed by atoms with van der Waals surface area (Å²) in [5.41, 5.74) is 1.08. The fourth-order valence-electron chi connectivity index (χ4n) is 4.88. The van der Waals surface area contributed by atoms with Crippen LogP contribution in [0.5, 0.6) is 17.5 Å². The van der Waals surface area contributed by atoms with Crippen molar-refractivity contribution in [2.24, 2.45) is 0 Å². The normalized spacial score (nSPS) is 18.6. The van der Waals surface area contributed by atoms with Crippen LogP contribution in [0.1, 0.15) is 57.1 Å². The highest BCUT2D eigenvalue weighted by Crippen LogP contribution is 2.31. The van der Waals surface area contributed by atoms with E-state index in [1.54, 1.807) is 18.1 Å². The highest BCUT2D eigenvalue weighted by atomic mass is 19.1. The van der Waals surface area contributed by atoms with Crippen LogP contribution in [-0.4, -0.2) is 77.6 Å². The van der Waals surface area contributed by atoms with Gasteiger partial charge in [0, 0.05) is 46.1 Å². The summed E-state index contributed by atoms with van der Waals surface area (Å²) < 4.78 is 37.7. The van der Waals surface area contributed by atoms with E-state index in [0.717, 1.165) is 31.5 Å². The Hall–Kier alpha value is -3.42. The molecule has 0 radical (unpaired) electrons. The van der Waals surface area contributed by atoms with Gasteiger partial charge in [-0.05, 0) is 57.2 Å². The first-order valence-corrected chi connectivity index (χ1v) is 13.5. The molecule has 0 bridgehead atoms. The Kier molecular flexibility index (Phi) is 9.96. The molecule has 10 heteroatoms. The van der Waals surface area contributed by atoms with Crippen molar-refractivity contribution in [1.29, 1.82) is 0 Å². The minimum absolute atomic E-state index is 0.0182. The summed E-state index contributed by atoms with van der Waals surface area (Å²) in [4.78, 5) is 24.4. The third-order valence-corrected chi connectivity index (χ3v) is 6.95. The van der Waals surface area contributed by atoms with Gasteiger partial charge in [-0.1, -0.05) is 12.0 Å². The van der Waals surface area contributed by atoms with Crippen molar-refractivity contribution in [2.75, 3.05) is 33.3 Å². The third-order valence-electron chi connectivity index (χ3n) is 6.95. The number of carbonyl (C=O) groups excluding carboxylic acids is 1. The number of rotatable bonds is 9. The molecule has 2 aliphatic rings. The molecule has 39 heavy (non-hydrogen) atoms. The van der Waals surface area contributed by atoms with Crippen molar-refractivity contribution >= 4 is 6.09 Å². The van der Waals surface area contributed by atoms with Gasteiger partial charge in [-0.25, -0.2) is 19.2 Å². The van der Waals surface area contributed by atoms with Gasteiger partial charge in [-0.15, -0.1) is 6.42 Å². The van der Waals surface area contributed by atoms with Gasteiger partial charge in [0.1, 0.15) is 24.2 Å². The lowest BCUT2D eigenvalue weighted by Crippen LogP contribution is -2.42. The first-order chi connectivity index (χ1) is 18.9. The SMILES string of the molecule is C#Cc1c(Oc2ccc(CCN3CCCCC3OC)cc2F)ncnc1OC1CCN(C(=O)OC(C)C)CC1. The molecule has 1 amide bonds. The maximum Gasteiger partial charge on any atom is 0.410 e. The molecule has 3 heterocycles. The predicted molar refractivity (Wildman–Crippen MR) is 143 cm³/mol. The van der Waals surface area contributed by atoms with E-state index < -0.39 is 5.82 Å². The number of likely N-dealkylation sites (tertiary alicyclic amines) is 2. The lowest BCUT2D eigenvalue weighted by atomic mass is 10.1. The van der Waals surface area contributed by atoms with Crippen molar-refractivity contribution in [1.82, 2.24) is 19.8 Å². The van der Waals surface area contributed by atoms with Gasteiger partial charge in [0.2, 0.25) is 11.8 Å². The van der Waals surface area contributed by atoms with Gasteiger partial charge in [-0.3, -0.25) is 4.90 Å². The zero-order valence-electron chi connectivity index (χ0n) is 22.9. The Bertz CT molecular complexity index is 1160. The van der Waals surface area contributed by atoms with Gasteiger partial charge in [0.15, 0.2) is 11.6 Å². The number of hydrogen-bond donors (Lipinski definition) is 0. The topological polar surface area (TPSA) is 86.3 Å². The van der Waals surface area contributed by atoms with Crippen LogP contribution < -0.4 is 9.47 Å². The van der Waals surface area contributed by atoms with Gasteiger partial charge in [-0.2, -0.15) is 0 Å². The summed E-state index contributed by atoms with van der Waals surface area (Å²) >= 11 is 0. The first kappa shape index (κ1) is 28.6. The van der Waals surface area contributed by atoms with E-state index in [1.807, 2.05) is 19.9 Å². The number of hydrogen-bond acceptors (Lipinski definition) is 8. The Morgan fingerprint density at radius 3 is 2.62 bits per heavy atom. The lowest BCUT2D eigenvalue weighted by Gasteiger charge is -2.34. The molecule has 9 nitrogen and oxygen atoms in total. The van der Waals surface area contributed by atoms with Crippen LogP contribution in [0.2, 0.25) is 0 Å². The largest absolute Gasteiger partial charge is 0.473 e. The standard InChI is InChI=1S/C29H37FN4O5/c1-5-23-27(38-22-12-16-34(17-13-22)29(35)37-20(2)3)31-19-32-28(23)39-25-10-9-21(18-24(25)30)11-15-33-14-7-6-8-26(33)36-4/h1,9-10,18-20,22,26H,6-8,11-17H2,2-4H3. The Balaban J connectivity index is 1.36. The van der Waals surface area contributed by atoms with Crippen LogP contribution in [-0.2, 0) is 15.9 Å². The number of nitrogens with zero attached hydrogens (tertiary/aromatic N) is 4. The highest BCUT2D eigenvalue weighted by molar-refractivity contribution is 5.67. The molecule has 0 N–H and O–H groups in total. The molecule has 0 spiro atoms. The predicted octanol–water partition coefficient (Wildman–Crippen LogP) is 4.78. The quantitative estimate of drug-likeness (QED) is 0.420. The fraction of sp³-hybridized carbons (Fsp3) is 0.552. The molecular formula is C29H37FN4O5. The number of piperidine rings is 2. The van der Waals surface area contributed by atoms with Crippen molar-refractivity contribution < 1.29 is 28.1 Å². The van der Waals surface area contributed by atoms with Crippen molar-refractivity contribution in [3.8, 4) is 29.9 Å². The van der Waals surface area contributed by atoms with Gasteiger partial charge in [0.05, 0.1) is 6.10 Å². The number of carbonyl (C=O) groups is 1. The van der Waals surface area contributed by atoms with Crippen LogP contribution in [0.4, 0.5) is 9.18 Å². The average molecular weight is 541 g/mol. The molecule has 1 unspecified atom stereocenters. The molecule has 2 aliphatic heterocycles. The molecule has 1 atom stereocenters. The second kappa shape index (κ2) is 13.6. The number of terminal acetylenes is 1. The van der Waals surface area contributed by atoms with Crippen molar-refractivity contribution in [3.05, 3.63) is 41.5 Å². The van der Waals surface area contributed by atoms with Gasteiger partial charge in [0.25, 0.3) is 0 Å². The lowest BCUT2D eigenvalue weighted by molar-refractivity contribution is -0.0545. The van der Waals surface area contributed by atoms with E-state index >= 15 is 4.39 Å². The van der Waals surface area contributed by atoms with E-state index in [1.165, 1.54) is 18.8 Å². The van der Waals surface area contributed by atoms with E-state index in [-0.39, 0.29) is 47.6 Å². The van der Waals surface area contributed by atoms with Crippen LogP contribution in [0, 0.1) is 18.2 Å². The summed E-state index contributed by atoms with van der Waals surface area (Å²) in [7, 11) is 1.73. The third kappa shape index (κ3) is 7.58. The summed E-state index contributed by atoms with van der Waals surface area (Å²) in [6.07, 6.45) is 11.7. The van der Waals surface area contributed by atoms with E-state index in [4.69, 9.17) is 25.4 Å². The van der Waals surface area contributed by atoms with Crippen LogP contribution in [0.3, 0.4) is 0 Å². The summed E-state index contributed by atoms with van der Waals surface area (Å²) in [6.45, 7) is 6.41. The average Bonchev–Trinajstić information content (AvgIpc) is 2.93. The van der Waals surface area contributed by atoms with Gasteiger partial charge < -0.3 is 23.8 Å². The number of methoxy groups -OCH3 is 1. The van der Waals surface area contributed by atoms with Crippen molar-refractivity contribution in [2.45, 2.75) is 70.8 Å². The molecule has 210 valence electrons. The molecule has 2 saturated heterocycles. The zero-order chi connectivity index (χ0) is 27.8. The summed E-state index contributed by atoms with van der Waals surface area (Å²) in [5, 5.41) is 0. The molecule has 0 aliphatic carbocycles. The van der Waals surface area contributed by atoms with Crippen LogP contribution >= 0.6 is 0 Å². The van der Waals surface area contributed by atoms with Crippen molar-refractivity contribution in [3.63, 3.8) is 0 Å². The number of aromatic nitrogens is 2. The summed E-state index contributed by atoms with van der Waals surface area (Å²) in [5.74, 6) is 2.27.